The van der Waals surface area contributed by atoms with Gasteiger partial charge in [0.15, 0.2) is 5.78 Å². The third-order valence-electron chi connectivity index (χ3n) is 4.35. The lowest BCUT2D eigenvalue weighted by molar-refractivity contribution is -0.177. The molecule has 25 heavy (non-hydrogen) atoms. The fourth-order valence-corrected chi connectivity index (χ4v) is 2.65. The molecule has 0 aliphatic heterocycles. The molecule has 1 amide bonds. The van der Waals surface area contributed by atoms with Gasteiger partial charge in [-0.3, -0.25) is 14.4 Å². The number of amides is 1. The SMILES string of the molecule is CCCCCCCC(=O)OC(CO)(C(N)=O)C(=O)CCCCCCC. The number of carbonyl (C=O) groups excluding carboxylic acids is 3. The van der Waals surface area contributed by atoms with Gasteiger partial charge in [-0.2, -0.15) is 0 Å². The predicted octanol–water partition coefficient (Wildman–Crippen LogP) is 3.04. The molecular weight excluding hydrogens is 322 g/mol. The van der Waals surface area contributed by atoms with Crippen LogP contribution in [0.4, 0.5) is 0 Å². The summed E-state index contributed by atoms with van der Waals surface area (Å²) < 4.78 is 5.08. The number of nitrogens with two attached hydrogens (primary N) is 1. The molecule has 0 rings (SSSR count). The number of Topliss-reactive ketones (excluding diaryl/α,β-unsaturated/α-hetero) is 1. The Kier molecular flexibility index (Phi) is 13.0. The van der Waals surface area contributed by atoms with E-state index in [4.69, 9.17) is 10.5 Å². The standard InChI is InChI=1S/C19H35NO5/c1-3-5-7-9-11-13-16(22)19(15-21,18(20)24)25-17(23)14-12-10-8-6-4-2/h21H,3-15H2,1-2H3,(H2,20,24). The number of ketones is 1. The molecule has 6 heteroatoms. The third-order valence-corrected chi connectivity index (χ3v) is 4.35. The van der Waals surface area contributed by atoms with Gasteiger partial charge in [0.25, 0.3) is 11.5 Å². The smallest absolute Gasteiger partial charge is 0.307 e. The largest absolute Gasteiger partial charge is 0.438 e. The molecule has 0 bridgehead atoms. The predicted molar refractivity (Wildman–Crippen MR) is 96.9 cm³/mol. The zero-order valence-electron chi connectivity index (χ0n) is 15.8. The van der Waals surface area contributed by atoms with Crippen LogP contribution in [0.2, 0.25) is 0 Å². The monoisotopic (exact) mass is 357 g/mol. The summed E-state index contributed by atoms with van der Waals surface area (Å²) in [6.45, 7) is 3.29. The molecule has 0 radical (unpaired) electrons. The summed E-state index contributed by atoms with van der Waals surface area (Å²) >= 11 is 0. The van der Waals surface area contributed by atoms with Gasteiger partial charge in [0.1, 0.15) is 0 Å². The normalized spacial score (nSPS) is 13.2. The number of hydrogen-bond donors (Lipinski definition) is 2. The van der Waals surface area contributed by atoms with E-state index in [9.17, 15) is 19.5 Å². The van der Waals surface area contributed by atoms with Crippen molar-refractivity contribution in [3.63, 3.8) is 0 Å². The number of unbranched alkanes of at least 4 members (excludes halogenated alkanes) is 8. The van der Waals surface area contributed by atoms with Crippen LogP contribution in [-0.2, 0) is 19.1 Å². The second kappa shape index (κ2) is 13.8. The highest BCUT2D eigenvalue weighted by atomic mass is 16.6. The Morgan fingerprint density at radius 2 is 1.32 bits per heavy atom. The number of aliphatic hydroxyl groups is 1. The molecule has 1 unspecified atom stereocenters. The Bertz CT molecular complexity index is 411. The number of hydrogen-bond acceptors (Lipinski definition) is 5. The Labute approximate surface area is 151 Å². The van der Waals surface area contributed by atoms with Crippen molar-refractivity contribution in [3.05, 3.63) is 0 Å². The van der Waals surface area contributed by atoms with Crippen LogP contribution >= 0.6 is 0 Å². The zero-order valence-corrected chi connectivity index (χ0v) is 15.8. The van der Waals surface area contributed by atoms with Crippen LogP contribution < -0.4 is 5.73 Å². The van der Waals surface area contributed by atoms with Gasteiger partial charge in [0.05, 0.1) is 6.61 Å². The quantitative estimate of drug-likeness (QED) is 0.251. The van der Waals surface area contributed by atoms with Crippen LogP contribution in [0.3, 0.4) is 0 Å². The minimum Gasteiger partial charge on any atom is -0.438 e. The third kappa shape index (κ3) is 9.00. The van der Waals surface area contributed by atoms with E-state index in [1.165, 1.54) is 0 Å². The molecule has 0 fully saturated rings. The molecule has 1 atom stereocenters. The van der Waals surface area contributed by atoms with Gasteiger partial charge in [-0.05, 0) is 12.8 Å². The molecule has 0 saturated heterocycles. The lowest BCUT2D eigenvalue weighted by Gasteiger charge is -2.27. The van der Waals surface area contributed by atoms with Gasteiger partial charge < -0.3 is 15.6 Å². The first kappa shape index (κ1) is 23.6. The molecule has 146 valence electrons. The van der Waals surface area contributed by atoms with Crippen LogP contribution in [0.15, 0.2) is 0 Å². The van der Waals surface area contributed by atoms with E-state index in [0.29, 0.717) is 12.8 Å². The van der Waals surface area contributed by atoms with Crippen molar-refractivity contribution >= 4 is 17.7 Å². The van der Waals surface area contributed by atoms with Crippen LogP contribution in [0.1, 0.15) is 90.9 Å². The van der Waals surface area contributed by atoms with Crippen LogP contribution in [0.5, 0.6) is 0 Å². The summed E-state index contributed by atoms with van der Waals surface area (Å²) in [5.41, 5.74) is 3.05. The lowest BCUT2D eigenvalue weighted by Crippen LogP contribution is -2.56. The van der Waals surface area contributed by atoms with Crippen LogP contribution in [-0.4, -0.2) is 35.0 Å². The summed E-state index contributed by atoms with van der Waals surface area (Å²) in [6, 6.07) is 0. The minimum atomic E-state index is -2.23. The average Bonchev–Trinajstić information content (AvgIpc) is 2.58. The molecule has 0 aromatic heterocycles. The fourth-order valence-electron chi connectivity index (χ4n) is 2.65. The van der Waals surface area contributed by atoms with E-state index in [1.54, 1.807) is 0 Å². The number of primary amides is 1. The molecule has 0 aromatic rings. The van der Waals surface area contributed by atoms with Crippen molar-refractivity contribution in [2.45, 2.75) is 96.5 Å². The maximum Gasteiger partial charge on any atom is 0.307 e. The van der Waals surface area contributed by atoms with Crippen molar-refractivity contribution in [1.82, 2.24) is 0 Å². The first-order valence-electron chi connectivity index (χ1n) is 9.60. The summed E-state index contributed by atoms with van der Waals surface area (Å²) in [5.74, 6) is -2.38. The van der Waals surface area contributed by atoms with Crippen molar-refractivity contribution in [2.24, 2.45) is 5.73 Å². The number of rotatable bonds is 16. The number of carbonyl (C=O) groups is 3. The maximum absolute atomic E-state index is 12.4. The van der Waals surface area contributed by atoms with E-state index < -0.39 is 29.9 Å². The average molecular weight is 357 g/mol. The van der Waals surface area contributed by atoms with Gasteiger partial charge in [0.2, 0.25) is 0 Å². The molecule has 0 spiro atoms. The Morgan fingerprint density at radius 1 is 0.840 bits per heavy atom. The number of ether oxygens (including phenoxy) is 1. The Balaban J connectivity index is 4.56. The maximum atomic E-state index is 12.4. The first-order chi connectivity index (χ1) is 11.9. The minimum absolute atomic E-state index is 0.0665. The second-order valence-electron chi connectivity index (χ2n) is 6.58. The van der Waals surface area contributed by atoms with Gasteiger partial charge in [-0.25, -0.2) is 0 Å². The van der Waals surface area contributed by atoms with E-state index >= 15 is 0 Å². The lowest BCUT2D eigenvalue weighted by atomic mass is 9.93. The van der Waals surface area contributed by atoms with Crippen molar-refractivity contribution in [2.75, 3.05) is 6.61 Å². The molecule has 0 aromatic carbocycles. The molecule has 0 saturated carbocycles. The fraction of sp³-hybridized carbons (Fsp3) is 0.842. The molecule has 0 aliphatic carbocycles. The van der Waals surface area contributed by atoms with E-state index in [0.717, 1.165) is 51.4 Å². The molecule has 6 nitrogen and oxygen atoms in total. The van der Waals surface area contributed by atoms with Crippen molar-refractivity contribution in [1.29, 1.82) is 0 Å². The number of aliphatic hydroxyl groups excluding tert-OH is 1. The summed E-state index contributed by atoms with van der Waals surface area (Å²) in [7, 11) is 0. The van der Waals surface area contributed by atoms with Crippen molar-refractivity contribution in [3.8, 4) is 0 Å². The first-order valence-corrected chi connectivity index (χ1v) is 9.60. The summed E-state index contributed by atoms with van der Waals surface area (Å²) in [5, 5.41) is 9.55. The summed E-state index contributed by atoms with van der Waals surface area (Å²) in [6.07, 6.45) is 9.55. The van der Waals surface area contributed by atoms with E-state index in [-0.39, 0.29) is 12.8 Å². The van der Waals surface area contributed by atoms with E-state index in [2.05, 4.69) is 13.8 Å². The van der Waals surface area contributed by atoms with Gasteiger partial charge in [-0.1, -0.05) is 65.2 Å². The highest BCUT2D eigenvalue weighted by Crippen LogP contribution is 2.19. The summed E-state index contributed by atoms with van der Waals surface area (Å²) in [4.78, 5) is 36.1. The molecule has 0 heterocycles. The van der Waals surface area contributed by atoms with Gasteiger partial charge >= 0.3 is 5.97 Å². The van der Waals surface area contributed by atoms with Gasteiger partial charge in [-0.15, -0.1) is 0 Å². The highest BCUT2D eigenvalue weighted by molar-refractivity contribution is 6.10. The van der Waals surface area contributed by atoms with Crippen LogP contribution in [0, 0.1) is 0 Å². The Hall–Kier alpha value is -1.43. The zero-order chi connectivity index (χ0) is 19.1. The van der Waals surface area contributed by atoms with Crippen LogP contribution in [0.25, 0.3) is 0 Å². The molecular formula is C19H35NO5. The van der Waals surface area contributed by atoms with Crippen molar-refractivity contribution < 1.29 is 24.2 Å². The topological polar surface area (TPSA) is 107 Å². The second-order valence-corrected chi connectivity index (χ2v) is 6.58. The number of esters is 1. The highest BCUT2D eigenvalue weighted by Gasteiger charge is 2.47. The van der Waals surface area contributed by atoms with Gasteiger partial charge in [0, 0.05) is 12.8 Å². The molecule has 3 N–H and O–H groups in total. The van der Waals surface area contributed by atoms with E-state index in [1.807, 2.05) is 0 Å². The Morgan fingerprint density at radius 3 is 1.76 bits per heavy atom. The molecule has 0 aliphatic rings.